The van der Waals surface area contributed by atoms with Gasteiger partial charge in [0.05, 0.1) is 5.69 Å². The maximum atomic E-state index is 5.67. The second-order valence-electron chi connectivity index (χ2n) is 5.03. The first-order valence-electron chi connectivity index (χ1n) is 7.20. The molecule has 3 nitrogen and oxygen atoms in total. The minimum absolute atomic E-state index is 0.294. The molecule has 0 radical (unpaired) electrons. The lowest BCUT2D eigenvalue weighted by atomic mass is 10.1. The fourth-order valence-corrected chi connectivity index (χ4v) is 2.33. The van der Waals surface area contributed by atoms with Crippen molar-refractivity contribution in [2.45, 2.75) is 25.9 Å². The number of nitrogens with zero attached hydrogens (tertiary/aromatic N) is 2. The fraction of sp³-hybridized carbons (Fsp3) is 0.353. The van der Waals surface area contributed by atoms with Gasteiger partial charge in [-0.15, -0.1) is 0 Å². The number of nitrogens with two attached hydrogens (primary N) is 1. The SMILES string of the molecule is CC(c1ccccn1)N(CCCN)Cc1ccccc1. The Morgan fingerprint density at radius 1 is 1.10 bits per heavy atom. The van der Waals surface area contributed by atoms with E-state index in [2.05, 4.69) is 53.2 Å². The zero-order chi connectivity index (χ0) is 14.2. The molecule has 0 spiro atoms. The number of pyridine rings is 1. The summed E-state index contributed by atoms with van der Waals surface area (Å²) in [5, 5.41) is 0. The van der Waals surface area contributed by atoms with E-state index in [0.717, 1.165) is 31.7 Å². The van der Waals surface area contributed by atoms with Crippen LogP contribution in [0.2, 0.25) is 0 Å². The number of rotatable bonds is 7. The van der Waals surface area contributed by atoms with Crippen LogP contribution in [0.4, 0.5) is 0 Å². The highest BCUT2D eigenvalue weighted by Crippen LogP contribution is 2.20. The molecule has 0 saturated heterocycles. The van der Waals surface area contributed by atoms with Crippen molar-refractivity contribution in [2.75, 3.05) is 13.1 Å². The summed E-state index contributed by atoms with van der Waals surface area (Å²) in [6.07, 6.45) is 2.86. The highest BCUT2D eigenvalue weighted by Gasteiger charge is 2.16. The molecule has 3 heteroatoms. The normalized spacial score (nSPS) is 12.6. The van der Waals surface area contributed by atoms with Crippen molar-refractivity contribution in [1.29, 1.82) is 0 Å². The van der Waals surface area contributed by atoms with Gasteiger partial charge in [0, 0.05) is 25.3 Å². The maximum absolute atomic E-state index is 5.67. The minimum atomic E-state index is 0.294. The molecule has 0 saturated carbocycles. The molecule has 1 unspecified atom stereocenters. The molecule has 1 heterocycles. The standard InChI is InChI=1S/C17H23N3/c1-15(17-10-5-6-12-19-17)20(13-7-11-18)14-16-8-3-2-4-9-16/h2-6,8-10,12,15H,7,11,13-14,18H2,1H3. The first kappa shape index (κ1) is 14.7. The molecule has 1 aromatic carbocycles. The molecule has 0 amide bonds. The molecular formula is C17H23N3. The van der Waals surface area contributed by atoms with Crippen LogP contribution in [0.5, 0.6) is 0 Å². The van der Waals surface area contributed by atoms with Gasteiger partial charge in [-0.1, -0.05) is 36.4 Å². The van der Waals surface area contributed by atoms with Crippen LogP contribution in [0, 0.1) is 0 Å². The number of benzene rings is 1. The fourth-order valence-electron chi connectivity index (χ4n) is 2.33. The first-order chi connectivity index (χ1) is 9.81. The molecule has 2 N–H and O–H groups in total. The Morgan fingerprint density at radius 2 is 1.85 bits per heavy atom. The predicted octanol–water partition coefficient (Wildman–Crippen LogP) is 2.99. The smallest absolute Gasteiger partial charge is 0.0572 e. The lowest BCUT2D eigenvalue weighted by Gasteiger charge is -2.28. The van der Waals surface area contributed by atoms with Gasteiger partial charge in [0.25, 0.3) is 0 Å². The van der Waals surface area contributed by atoms with E-state index in [0.29, 0.717) is 6.04 Å². The van der Waals surface area contributed by atoms with Crippen molar-refractivity contribution in [3.63, 3.8) is 0 Å². The highest BCUT2D eigenvalue weighted by atomic mass is 15.2. The first-order valence-corrected chi connectivity index (χ1v) is 7.20. The largest absolute Gasteiger partial charge is 0.330 e. The van der Waals surface area contributed by atoms with Crippen molar-refractivity contribution in [3.05, 3.63) is 66.0 Å². The van der Waals surface area contributed by atoms with Crippen molar-refractivity contribution < 1.29 is 0 Å². The summed E-state index contributed by atoms with van der Waals surface area (Å²) in [4.78, 5) is 6.91. The van der Waals surface area contributed by atoms with Crippen molar-refractivity contribution in [2.24, 2.45) is 5.73 Å². The second kappa shape index (κ2) is 7.78. The van der Waals surface area contributed by atoms with Crippen LogP contribution < -0.4 is 5.73 Å². The zero-order valence-corrected chi connectivity index (χ0v) is 12.1. The lowest BCUT2D eigenvalue weighted by Crippen LogP contribution is -2.29. The molecule has 0 bridgehead atoms. The highest BCUT2D eigenvalue weighted by molar-refractivity contribution is 5.15. The molecular weight excluding hydrogens is 246 g/mol. The molecule has 2 rings (SSSR count). The quantitative estimate of drug-likeness (QED) is 0.840. The van der Waals surface area contributed by atoms with Crippen molar-refractivity contribution in [3.8, 4) is 0 Å². The minimum Gasteiger partial charge on any atom is -0.330 e. The number of hydrogen-bond donors (Lipinski definition) is 1. The van der Waals surface area contributed by atoms with E-state index < -0.39 is 0 Å². The predicted molar refractivity (Wildman–Crippen MR) is 83.2 cm³/mol. The van der Waals surface area contributed by atoms with Crippen LogP contribution in [-0.4, -0.2) is 23.0 Å². The molecule has 1 atom stereocenters. The Hall–Kier alpha value is -1.71. The Morgan fingerprint density at radius 3 is 2.50 bits per heavy atom. The lowest BCUT2D eigenvalue weighted by molar-refractivity contribution is 0.196. The molecule has 2 aromatic rings. The maximum Gasteiger partial charge on any atom is 0.0572 e. The van der Waals surface area contributed by atoms with Gasteiger partial charge >= 0.3 is 0 Å². The van der Waals surface area contributed by atoms with Crippen molar-refractivity contribution in [1.82, 2.24) is 9.88 Å². The van der Waals surface area contributed by atoms with Gasteiger partial charge in [-0.2, -0.15) is 0 Å². The van der Waals surface area contributed by atoms with Gasteiger partial charge in [-0.3, -0.25) is 9.88 Å². The molecule has 0 fully saturated rings. The van der Waals surface area contributed by atoms with Crippen LogP contribution in [0.25, 0.3) is 0 Å². The Labute approximate surface area is 121 Å². The average Bonchev–Trinajstić information content (AvgIpc) is 2.52. The third-order valence-corrected chi connectivity index (χ3v) is 3.54. The summed E-state index contributed by atoms with van der Waals surface area (Å²) in [5.74, 6) is 0. The van der Waals surface area contributed by atoms with E-state index in [1.807, 2.05) is 18.3 Å². The molecule has 0 aliphatic carbocycles. The summed E-state index contributed by atoms with van der Waals surface area (Å²) >= 11 is 0. The van der Waals surface area contributed by atoms with E-state index in [1.54, 1.807) is 0 Å². The van der Waals surface area contributed by atoms with Crippen LogP contribution in [0.3, 0.4) is 0 Å². The third-order valence-electron chi connectivity index (χ3n) is 3.54. The van der Waals surface area contributed by atoms with Gasteiger partial charge in [0.2, 0.25) is 0 Å². The van der Waals surface area contributed by atoms with Crippen LogP contribution in [0.15, 0.2) is 54.7 Å². The van der Waals surface area contributed by atoms with Crippen molar-refractivity contribution >= 4 is 0 Å². The number of hydrogen-bond acceptors (Lipinski definition) is 3. The Bertz CT molecular complexity index is 484. The van der Waals surface area contributed by atoms with Gasteiger partial charge in [0.1, 0.15) is 0 Å². The Kier molecular flexibility index (Phi) is 5.71. The number of aromatic nitrogens is 1. The molecule has 20 heavy (non-hydrogen) atoms. The summed E-state index contributed by atoms with van der Waals surface area (Å²) in [6.45, 7) is 4.85. The van der Waals surface area contributed by atoms with Crippen LogP contribution in [0.1, 0.15) is 30.6 Å². The van der Waals surface area contributed by atoms with Gasteiger partial charge < -0.3 is 5.73 Å². The summed E-state index contributed by atoms with van der Waals surface area (Å²) in [5.41, 5.74) is 8.10. The molecule has 106 valence electrons. The van der Waals surface area contributed by atoms with Gasteiger partial charge in [-0.05, 0) is 37.6 Å². The van der Waals surface area contributed by atoms with Crippen LogP contribution >= 0.6 is 0 Å². The van der Waals surface area contributed by atoms with Gasteiger partial charge in [-0.25, -0.2) is 0 Å². The Balaban J connectivity index is 2.10. The van der Waals surface area contributed by atoms with E-state index >= 15 is 0 Å². The van der Waals surface area contributed by atoms with E-state index in [4.69, 9.17) is 5.73 Å². The van der Waals surface area contributed by atoms with Gasteiger partial charge in [0.15, 0.2) is 0 Å². The summed E-state index contributed by atoms with van der Waals surface area (Å²) < 4.78 is 0. The summed E-state index contributed by atoms with van der Waals surface area (Å²) in [7, 11) is 0. The van der Waals surface area contributed by atoms with E-state index in [-0.39, 0.29) is 0 Å². The summed E-state index contributed by atoms with van der Waals surface area (Å²) in [6, 6.07) is 16.9. The molecule has 1 aromatic heterocycles. The second-order valence-corrected chi connectivity index (χ2v) is 5.03. The topological polar surface area (TPSA) is 42.2 Å². The molecule has 0 aliphatic rings. The molecule has 0 aliphatic heterocycles. The third kappa shape index (κ3) is 4.15. The van der Waals surface area contributed by atoms with Crippen LogP contribution in [-0.2, 0) is 6.54 Å². The zero-order valence-electron chi connectivity index (χ0n) is 12.1. The van der Waals surface area contributed by atoms with E-state index in [1.165, 1.54) is 5.56 Å². The van der Waals surface area contributed by atoms with E-state index in [9.17, 15) is 0 Å². The monoisotopic (exact) mass is 269 g/mol. The average molecular weight is 269 g/mol.